The normalized spacial score (nSPS) is 16.1. The largest absolute Gasteiger partial charge is 0.490 e. The zero-order valence-corrected chi connectivity index (χ0v) is 12.3. The molecule has 1 saturated heterocycles. The number of aromatic nitrogens is 3. The summed E-state index contributed by atoms with van der Waals surface area (Å²) in [5.74, 6) is 2.39. The lowest BCUT2D eigenvalue weighted by Gasteiger charge is -2.33. The van der Waals surface area contributed by atoms with Crippen LogP contribution in [0.3, 0.4) is 0 Å². The van der Waals surface area contributed by atoms with Crippen LogP contribution in [0, 0.1) is 0 Å². The summed E-state index contributed by atoms with van der Waals surface area (Å²) in [6.07, 6.45) is 5.84. The summed E-state index contributed by atoms with van der Waals surface area (Å²) in [5.41, 5.74) is 5.69. The average molecular weight is 287 g/mol. The van der Waals surface area contributed by atoms with E-state index >= 15 is 0 Å². The third kappa shape index (κ3) is 2.94. The van der Waals surface area contributed by atoms with Crippen molar-refractivity contribution in [1.82, 2.24) is 14.8 Å². The Morgan fingerprint density at radius 2 is 2.14 bits per heavy atom. The quantitative estimate of drug-likeness (QED) is 0.932. The molecule has 3 heterocycles. The fourth-order valence-electron chi connectivity index (χ4n) is 2.79. The van der Waals surface area contributed by atoms with E-state index in [1.54, 1.807) is 0 Å². The summed E-state index contributed by atoms with van der Waals surface area (Å²) < 4.78 is 7.65. The summed E-state index contributed by atoms with van der Waals surface area (Å²) in [4.78, 5) is 6.77. The smallest absolute Gasteiger partial charge is 0.171 e. The third-order valence-electron chi connectivity index (χ3n) is 3.82. The molecule has 1 aliphatic rings. The van der Waals surface area contributed by atoms with Gasteiger partial charge in [-0.05, 0) is 38.0 Å². The summed E-state index contributed by atoms with van der Waals surface area (Å²) >= 11 is 0. The first kappa shape index (κ1) is 13.7. The predicted molar refractivity (Wildman–Crippen MR) is 82.5 cm³/mol. The van der Waals surface area contributed by atoms with E-state index in [1.165, 1.54) is 0 Å². The molecule has 0 spiro atoms. The van der Waals surface area contributed by atoms with Crippen molar-refractivity contribution in [2.24, 2.45) is 0 Å². The van der Waals surface area contributed by atoms with E-state index in [9.17, 15) is 0 Å². The molecule has 2 aromatic rings. The summed E-state index contributed by atoms with van der Waals surface area (Å²) in [6, 6.07) is 6.15. The van der Waals surface area contributed by atoms with Crippen LogP contribution in [0.15, 0.2) is 30.6 Å². The van der Waals surface area contributed by atoms with Crippen molar-refractivity contribution in [3.05, 3.63) is 30.6 Å². The molecule has 0 bridgehead atoms. The molecule has 112 valence electrons. The number of rotatable bonds is 4. The number of ether oxygens (including phenoxy) is 1. The van der Waals surface area contributed by atoms with E-state index in [1.807, 2.05) is 42.2 Å². The van der Waals surface area contributed by atoms with Gasteiger partial charge in [0.15, 0.2) is 11.6 Å². The number of nitrogen functional groups attached to an aromatic ring is 1. The Labute approximate surface area is 124 Å². The second kappa shape index (κ2) is 6.03. The van der Waals surface area contributed by atoms with E-state index in [2.05, 4.69) is 15.0 Å². The average Bonchev–Trinajstić information content (AvgIpc) is 2.95. The lowest BCUT2D eigenvalue weighted by Crippen LogP contribution is -2.35. The summed E-state index contributed by atoms with van der Waals surface area (Å²) in [6.45, 7) is 4.54. The minimum atomic E-state index is 0.415. The second-order valence-electron chi connectivity index (χ2n) is 5.20. The number of pyridine rings is 1. The molecule has 0 amide bonds. The fraction of sp³-hybridized carbons (Fsp3) is 0.467. The number of nitrogens with zero attached hydrogens (tertiary/aromatic N) is 4. The third-order valence-corrected chi connectivity index (χ3v) is 3.82. The van der Waals surface area contributed by atoms with Crippen LogP contribution in [0.1, 0.15) is 25.8 Å². The van der Waals surface area contributed by atoms with E-state index < -0.39 is 0 Å². The monoisotopic (exact) mass is 287 g/mol. The maximum absolute atomic E-state index is 5.69. The van der Waals surface area contributed by atoms with Gasteiger partial charge in [-0.15, -0.1) is 0 Å². The molecular weight excluding hydrogens is 266 g/mol. The Morgan fingerprint density at radius 3 is 2.81 bits per heavy atom. The Kier molecular flexibility index (Phi) is 3.94. The number of anilines is 2. The van der Waals surface area contributed by atoms with Gasteiger partial charge < -0.3 is 15.4 Å². The molecule has 0 unspecified atom stereocenters. The van der Waals surface area contributed by atoms with Gasteiger partial charge in [0.05, 0.1) is 12.6 Å². The fourth-order valence-corrected chi connectivity index (χ4v) is 2.79. The molecule has 1 aliphatic heterocycles. The zero-order chi connectivity index (χ0) is 14.7. The maximum atomic E-state index is 5.69. The highest BCUT2D eigenvalue weighted by Crippen LogP contribution is 2.30. The van der Waals surface area contributed by atoms with Crippen molar-refractivity contribution < 1.29 is 4.74 Å². The molecule has 3 rings (SSSR count). The highest BCUT2D eigenvalue weighted by Gasteiger charge is 2.23. The van der Waals surface area contributed by atoms with Gasteiger partial charge in [0.25, 0.3) is 0 Å². The van der Waals surface area contributed by atoms with Crippen molar-refractivity contribution in [3.63, 3.8) is 0 Å². The standard InChI is InChI=1S/C15H21N5O/c1-2-21-13-4-3-8-17-15(13)19-9-5-12(6-10-19)20-11-7-14(16)18-20/h3-4,7-8,11-12H,2,5-6,9-10H2,1H3,(H2,16,18). The topological polar surface area (TPSA) is 69.2 Å². The molecule has 0 atom stereocenters. The van der Waals surface area contributed by atoms with Crippen LogP contribution in [0.2, 0.25) is 0 Å². The molecule has 6 heteroatoms. The van der Waals surface area contributed by atoms with Crippen LogP contribution in [0.25, 0.3) is 0 Å². The van der Waals surface area contributed by atoms with Crippen molar-refractivity contribution >= 4 is 11.6 Å². The van der Waals surface area contributed by atoms with Crippen LogP contribution in [0.5, 0.6) is 5.75 Å². The number of hydrogen-bond acceptors (Lipinski definition) is 5. The van der Waals surface area contributed by atoms with Gasteiger partial charge in [0.1, 0.15) is 5.82 Å². The number of piperidine rings is 1. The van der Waals surface area contributed by atoms with Crippen molar-refractivity contribution in [2.75, 3.05) is 30.3 Å². The molecule has 2 aromatic heterocycles. The van der Waals surface area contributed by atoms with Crippen LogP contribution in [-0.4, -0.2) is 34.5 Å². The lowest BCUT2D eigenvalue weighted by molar-refractivity contribution is 0.333. The Balaban J connectivity index is 1.68. The minimum absolute atomic E-state index is 0.415. The number of hydrogen-bond donors (Lipinski definition) is 1. The van der Waals surface area contributed by atoms with Gasteiger partial charge in [-0.25, -0.2) is 4.98 Å². The van der Waals surface area contributed by atoms with Crippen LogP contribution < -0.4 is 15.4 Å². The minimum Gasteiger partial charge on any atom is -0.490 e. The van der Waals surface area contributed by atoms with Gasteiger partial charge in [-0.3, -0.25) is 4.68 Å². The van der Waals surface area contributed by atoms with Gasteiger partial charge in [0, 0.05) is 25.5 Å². The van der Waals surface area contributed by atoms with Gasteiger partial charge in [-0.2, -0.15) is 5.10 Å². The van der Waals surface area contributed by atoms with E-state index in [0.717, 1.165) is 37.5 Å². The summed E-state index contributed by atoms with van der Waals surface area (Å²) in [7, 11) is 0. The first-order valence-electron chi connectivity index (χ1n) is 7.41. The highest BCUT2D eigenvalue weighted by atomic mass is 16.5. The van der Waals surface area contributed by atoms with Gasteiger partial charge in [-0.1, -0.05) is 0 Å². The van der Waals surface area contributed by atoms with Gasteiger partial charge >= 0.3 is 0 Å². The van der Waals surface area contributed by atoms with Crippen molar-refractivity contribution in [3.8, 4) is 5.75 Å². The lowest BCUT2D eigenvalue weighted by atomic mass is 10.1. The molecule has 0 aliphatic carbocycles. The second-order valence-corrected chi connectivity index (χ2v) is 5.20. The van der Waals surface area contributed by atoms with Crippen molar-refractivity contribution in [1.29, 1.82) is 0 Å². The zero-order valence-electron chi connectivity index (χ0n) is 12.3. The van der Waals surface area contributed by atoms with E-state index in [0.29, 0.717) is 18.5 Å². The Bertz CT molecular complexity index is 589. The Morgan fingerprint density at radius 1 is 1.33 bits per heavy atom. The molecule has 0 aromatic carbocycles. The molecule has 2 N–H and O–H groups in total. The predicted octanol–water partition coefficient (Wildman–Crippen LogP) is 2.10. The first-order chi connectivity index (χ1) is 10.3. The molecule has 21 heavy (non-hydrogen) atoms. The molecule has 1 fully saturated rings. The highest BCUT2D eigenvalue weighted by molar-refractivity contribution is 5.52. The molecule has 0 radical (unpaired) electrons. The summed E-state index contributed by atoms with van der Waals surface area (Å²) in [5, 5.41) is 4.31. The maximum Gasteiger partial charge on any atom is 0.171 e. The van der Waals surface area contributed by atoms with E-state index in [-0.39, 0.29) is 0 Å². The Hall–Kier alpha value is -2.24. The SMILES string of the molecule is CCOc1cccnc1N1CCC(n2ccc(N)n2)CC1. The molecular formula is C15H21N5O. The van der Waals surface area contributed by atoms with E-state index in [4.69, 9.17) is 10.5 Å². The van der Waals surface area contributed by atoms with Crippen LogP contribution >= 0.6 is 0 Å². The molecule has 0 saturated carbocycles. The number of nitrogens with two attached hydrogens (primary N) is 1. The first-order valence-corrected chi connectivity index (χ1v) is 7.41. The molecule has 6 nitrogen and oxygen atoms in total. The van der Waals surface area contributed by atoms with Gasteiger partial charge in [0.2, 0.25) is 0 Å². The van der Waals surface area contributed by atoms with Crippen molar-refractivity contribution in [2.45, 2.75) is 25.8 Å². The van der Waals surface area contributed by atoms with Crippen LogP contribution in [-0.2, 0) is 0 Å². The van der Waals surface area contributed by atoms with Crippen LogP contribution in [0.4, 0.5) is 11.6 Å².